The number of methoxy groups -OCH3 is 2. The van der Waals surface area contributed by atoms with Gasteiger partial charge in [0.2, 0.25) is 5.75 Å². The molecule has 0 amide bonds. The zero-order valence-corrected chi connectivity index (χ0v) is 14.5. The highest BCUT2D eigenvalue weighted by Gasteiger charge is 2.18. The Bertz CT molecular complexity index is 917. The fraction of sp³-hybridized carbons (Fsp3) is 0.167. The van der Waals surface area contributed by atoms with Gasteiger partial charge in [-0.1, -0.05) is 12.1 Å². The van der Waals surface area contributed by atoms with Crippen LogP contribution in [0.3, 0.4) is 0 Å². The largest absolute Gasteiger partial charge is 0.493 e. The number of ether oxygens (including phenoxy) is 3. The number of nitrogens with two attached hydrogens (primary N) is 2. The molecule has 2 aromatic heterocycles. The van der Waals surface area contributed by atoms with E-state index in [0.717, 1.165) is 11.3 Å². The number of aromatic nitrogens is 3. The average Bonchev–Trinajstić information content (AvgIpc) is 2.69. The minimum absolute atomic E-state index is 0.142. The maximum absolute atomic E-state index is 6.11. The van der Waals surface area contributed by atoms with Gasteiger partial charge in [0.05, 0.1) is 19.9 Å². The molecule has 0 aliphatic carbocycles. The van der Waals surface area contributed by atoms with E-state index in [9.17, 15) is 0 Å². The van der Waals surface area contributed by atoms with E-state index in [1.165, 1.54) is 7.11 Å². The zero-order chi connectivity index (χ0) is 18.5. The third-order valence-electron chi connectivity index (χ3n) is 3.62. The Morgan fingerprint density at radius 2 is 1.77 bits per heavy atom. The number of nitrogens with zero attached hydrogens (tertiary/aromatic N) is 3. The highest BCUT2D eigenvalue weighted by molar-refractivity contribution is 5.63. The summed E-state index contributed by atoms with van der Waals surface area (Å²) in [6.07, 6.45) is 1.64. The second kappa shape index (κ2) is 7.66. The van der Waals surface area contributed by atoms with Crippen molar-refractivity contribution in [3.63, 3.8) is 0 Å². The summed E-state index contributed by atoms with van der Waals surface area (Å²) in [4.78, 5) is 12.9. The number of benzene rings is 1. The molecule has 0 bridgehead atoms. The van der Waals surface area contributed by atoms with E-state index in [1.807, 2.05) is 12.1 Å². The first-order valence-electron chi connectivity index (χ1n) is 7.84. The molecule has 3 aromatic rings. The average molecular weight is 353 g/mol. The first-order valence-corrected chi connectivity index (χ1v) is 7.84. The molecule has 0 saturated heterocycles. The molecule has 0 unspecified atom stereocenters. The Labute approximate surface area is 150 Å². The van der Waals surface area contributed by atoms with E-state index in [0.29, 0.717) is 23.9 Å². The summed E-state index contributed by atoms with van der Waals surface area (Å²) in [5.74, 6) is 2.00. The summed E-state index contributed by atoms with van der Waals surface area (Å²) >= 11 is 0. The molecular weight excluding hydrogens is 334 g/mol. The third-order valence-corrected chi connectivity index (χ3v) is 3.62. The molecule has 0 saturated carbocycles. The molecule has 8 nitrogen and oxygen atoms in total. The Morgan fingerprint density at radius 3 is 2.46 bits per heavy atom. The minimum atomic E-state index is 0.142. The molecular formula is C18H19N5O3. The summed E-state index contributed by atoms with van der Waals surface area (Å²) in [5, 5.41) is 0. The van der Waals surface area contributed by atoms with Crippen molar-refractivity contribution in [1.82, 2.24) is 15.0 Å². The van der Waals surface area contributed by atoms with Crippen LogP contribution in [0, 0.1) is 0 Å². The monoisotopic (exact) mass is 353 g/mol. The van der Waals surface area contributed by atoms with Crippen molar-refractivity contribution in [1.29, 1.82) is 0 Å². The van der Waals surface area contributed by atoms with Gasteiger partial charge >= 0.3 is 0 Å². The highest BCUT2D eigenvalue weighted by atomic mass is 16.5. The van der Waals surface area contributed by atoms with E-state index < -0.39 is 0 Å². The third kappa shape index (κ3) is 3.50. The fourth-order valence-corrected chi connectivity index (χ4v) is 2.35. The number of para-hydroxylation sites is 2. The molecule has 1 aromatic carbocycles. The first-order chi connectivity index (χ1) is 12.7. The van der Waals surface area contributed by atoms with E-state index >= 15 is 0 Å². The number of nitrogen functional groups attached to an aromatic ring is 1. The molecule has 3 rings (SSSR count). The topological polar surface area (TPSA) is 118 Å². The molecule has 0 spiro atoms. The maximum Gasteiger partial charge on any atom is 0.263 e. The number of anilines is 1. The SMILES string of the molecule is COc1ccccc1Oc1c(N)nc(-c2ccnc(CN)c2)nc1OC. The Hall–Kier alpha value is -3.39. The van der Waals surface area contributed by atoms with Crippen LogP contribution in [0.2, 0.25) is 0 Å². The molecule has 26 heavy (non-hydrogen) atoms. The van der Waals surface area contributed by atoms with Gasteiger partial charge in [-0.05, 0) is 24.3 Å². The number of hydrogen-bond acceptors (Lipinski definition) is 8. The number of rotatable bonds is 6. The van der Waals surface area contributed by atoms with Gasteiger partial charge in [0.1, 0.15) is 0 Å². The van der Waals surface area contributed by atoms with Gasteiger partial charge in [-0.2, -0.15) is 4.98 Å². The standard InChI is InChI=1S/C18H19N5O3/c1-24-13-5-3-4-6-14(13)26-15-16(20)22-17(23-18(15)25-2)11-7-8-21-12(9-11)10-19/h3-9H,10,19H2,1-2H3,(H2,20,22,23). The van der Waals surface area contributed by atoms with Gasteiger partial charge in [-0.15, -0.1) is 0 Å². The molecule has 2 heterocycles. The van der Waals surface area contributed by atoms with Crippen molar-refractivity contribution in [3.8, 4) is 34.5 Å². The Kier molecular flexibility index (Phi) is 5.14. The lowest BCUT2D eigenvalue weighted by Gasteiger charge is -2.14. The van der Waals surface area contributed by atoms with Crippen LogP contribution in [0.15, 0.2) is 42.6 Å². The molecule has 0 aliphatic rings. The maximum atomic E-state index is 6.11. The predicted octanol–water partition coefficient (Wildman–Crippen LogP) is 2.39. The van der Waals surface area contributed by atoms with Crippen LogP contribution in [-0.4, -0.2) is 29.2 Å². The van der Waals surface area contributed by atoms with Crippen molar-refractivity contribution in [2.75, 3.05) is 20.0 Å². The van der Waals surface area contributed by atoms with Gasteiger partial charge in [0.25, 0.3) is 5.88 Å². The minimum Gasteiger partial charge on any atom is -0.493 e. The normalized spacial score (nSPS) is 10.4. The van der Waals surface area contributed by atoms with Crippen molar-refractivity contribution >= 4 is 5.82 Å². The van der Waals surface area contributed by atoms with Crippen molar-refractivity contribution in [2.45, 2.75) is 6.54 Å². The van der Waals surface area contributed by atoms with Gasteiger partial charge in [0, 0.05) is 18.3 Å². The molecule has 0 fully saturated rings. The quantitative estimate of drug-likeness (QED) is 0.693. The summed E-state index contributed by atoms with van der Waals surface area (Å²) in [6.45, 7) is 0.315. The molecule has 8 heteroatoms. The zero-order valence-electron chi connectivity index (χ0n) is 14.5. The molecule has 0 radical (unpaired) electrons. The number of hydrogen-bond donors (Lipinski definition) is 2. The second-order valence-corrected chi connectivity index (χ2v) is 5.26. The van der Waals surface area contributed by atoms with Crippen molar-refractivity contribution < 1.29 is 14.2 Å². The fourth-order valence-electron chi connectivity index (χ4n) is 2.35. The van der Waals surface area contributed by atoms with Gasteiger partial charge in [-0.3, -0.25) is 4.98 Å². The molecule has 0 aliphatic heterocycles. The van der Waals surface area contributed by atoms with Crippen LogP contribution < -0.4 is 25.7 Å². The van der Waals surface area contributed by atoms with E-state index in [1.54, 1.807) is 37.6 Å². The second-order valence-electron chi connectivity index (χ2n) is 5.26. The summed E-state index contributed by atoms with van der Waals surface area (Å²) < 4.78 is 16.5. The van der Waals surface area contributed by atoms with E-state index in [4.69, 9.17) is 25.7 Å². The van der Waals surface area contributed by atoms with Crippen LogP contribution in [-0.2, 0) is 6.54 Å². The van der Waals surface area contributed by atoms with E-state index in [-0.39, 0.29) is 17.4 Å². The molecule has 134 valence electrons. The lowest BCUT2D eigenvalue weighted by molar-refractivity contribution is 0.348. The molecule has 0 atom stereocenters. The summed E-state index contributed by atoms with van der Waals surface area (Å²) in [5.41, 5.74) is 13.2. The smallest absolute Gasteiger partial charge is 0.263 e. The first kappa shape index (κ1) is 17.4. The van der Waals surface area contributed by atoms with Gasteiger partial charge in [0.15, 0.2) is 23.1 Å². The Balaban J connectivity index is 2.02. The van der Waals surface area contributed by atoms with Crippen LogP contribution in [0.5, 0.6) is 23.1 Å². The summed E-state index contributed by atoms with van der Waals surface area (Å²) in [7, 11) is 3.04. The Morgan fingerprint density at radius 1 is 1.00 bits per heavy atom. The summed E-state index contributed by atoms with van der Waals surface area (Å²) in [6, 6.07) is 10.8. The lowest BCUT2D eigenvalue weighted by Crippen LogP contribution is -2.05. The van der Waals surface area contributed by atoms with Crippen LogP contribution >= 0.6 is 0 Å². The van der Waals surface area contributed by atoms with Crippen LogP contribution in [0.1, 0.15) is 5.69 Å². The van der Waals surface area contributed by atoms with Crippen LogP contribution in [0.4, 0.5) is 5.82 Å². The van der Waals surface area contributed by atoms with Crippen molar-refractivity contribution in [2.24, 2.45) is 5.73 Å². The number of pyridine rings is 1. The predicted molar refractivity (Wildman–Crippen MR) is 97.2 cm³/mol. The van der Waals surface area contributed by atoms with E-state index in [2.05, 4.69) is 15.0 Å². The van der Waals surface area contributed by atoms with Crippen molar-refractivity contribution in [3.05, 3.63) is 48.3 Å². The van der Waals surface area contributed by atoms with Gasteiger partial charge in [-0.25, -0.2) is 4.98 Å². The molecule has 4 N–H and O–H groups in total. The lowest BCUT2D eigenvalue weighted by atomic mass is 10.2. The van der Waals surface area contributed by atoms with Gasteiger partial charge < -0.3 is 25.7 Å². The van der Waals surface area contributed by atoms with Crippen LogP contribution in [0.25, 0.3) is 11.4 Å². The highest BCUT2D eigenvalue weighted by Crippen LogP contribution is 2.39.